The van der Waals surface area contributed by atoms with Crippen LogP contribution in [0.15, 0.2) is 73.8 Å². The van der Waals surface area contributed by atoms with Crippen LogP contribution in [0, 0.1) is 25.7 Å². The Morgan fingerprint density at radius 3 is 2.52 bits per heavy atom. The van der Waals surface area contributed by atoms with Gasteiger partial charge in [-0.2, -0.15) is 0 Å². The maximum absolute atomic E-state index is 15.0. The van der Waals surface area contributed by atoms with Crippen molar-refractivity contribution < 1.29 is 33.8 Å². The molecule has 1 N–H and O–H groups in total. The first-order valence-electron chi connectivity index (χ1n) is 18.3. The van der Waals surface area contributed by atoms with Gasteiger partial charge in [-0.1, -0.05) is 70.5 Å². The van der Waals surface area contributed by atoms with Crippen molar-refractivity contribution in [2.75, 3.05) is 31.6 Å². The van der Waals surface area contributed by atoms with Crippen LogP contribution < -0.4 is 4.90 Å². The van der Waals surface area contributed by atoms with E-state index in [-0.39, 0.29) is 48.7 Å². The lowest BCUT2D eigenvalue weighted by molar-refractivity contribution is -0.164. The van der Waals surface area contributed by atoms with E-state index in [0.29, 0.717) is 37.7 Å². The van der Waals surface area contributed by atoms with Crippen LogP contribution in [0.25, 0.3) is 0 Å². The lowest BCUT2D eigenvalue weighted by Gasteiger charge is -2.37. The van der Waals surface area contributed by atoms with E-state index in [1.165, 1.54) is 0 Å². The van der Waals surface area contributed by atoms with Crippen LogP contribution in [-0.4, -0.2) is 94.0 Å². The molecule has 3 aliphatic heterocycles. The molecule has 1 spiro atoms. The zero-order valence-electron chi connectivity index (χ0n) is 30.7. The van der Waals surface area contributed by atoms with Crippen molar-refractivity contribution >= 4 is 45.3 Å². The minimum Gasteiger partial charge on any atom is -0.455 e. The van der Waals surface area contributed by atoms with E-state index in [2.05, 4.69) is 29.1 Å². The number of allylic oxidation sites excluding steroid dienone is 1. The summed E-state index contributed by atoms with van der Waals surface area (Å²) in [6.45, 7) is 13.9. The number of nitrogens with zero attached hydrogens (tertiary/aromatic N) is 3. The first kappa shape index (κ1) is 39.4. The minimum atomic E-state index is -1.28. The molecule has 1 unspecified atom stereocenters. The largest absolute Gasteiger partial charge is 0.455 e. The Bertz CT molecular complexity index is 1650. The van der Waals surface area contributed by atoms with Crippen molar-refractivity contribution in [3.05, 3.63) is 90.5 Å². The number of aliphatic hydroxyl groups excluding tert-OH is 1. The van der Waals surface area contributed by atoms with Crippen molar-refractivity contribution in [2.45, 2.75) is 94.0 Å². The highest BCUT2D eigenvalue weighted by molar-refractivity contribution is 9.09. The number of aliphatic hydroxyl groups is 1. The van der Waals surface area contributed by atoms with Gasteiger partial charge < -0.3 is 29.3 Å². The van der Waals surface area contributed by atoms with Crippen LogP contribution in [-0.2, 0) is 28.7 Å². The van der Waals surface area contributed by atoms with Crippen LogP contribution in [0.2, 0.25) is 0 Å². The number of unbranched alkanes of at least 4 members (excludes halogenated alkanes) is 2. The zero-order valence-corrected chi connectivity index (χ0v) is 32.3. The van der Waals surface area contributed by atoms with Crippen molar-refractivity contribution in [1.82, 2.24) is 9.80 Å². The molecule has 0 aromatic heterocycles. The molecule has 3 aliphatic rings. The third-order valence-electron chi connectivity index (χ3n) is 11.0. The molecule has 280 valence electrons. The van der Waals surface area contributed by atoms with E-state index < -0.39 is 47.7 Å². The number of esters is 1. The fourth-order valence-corrected chi connectivity index (χ4v) is 9.15. The second kappa shape index (κ2) is 16.9. The molecule has 11 heteroatoms. The average Bonchev–Trinajstić information content (AvgIpc) is 3.73. The molecule has 3 fully saturated rings. The van der Waals surface area contributed by atoms with Gasteiger partial charge in [0.1, 0.15) is 17.7 Å². The lowest BCUT2D eigenvalue weighted by atomic mass is 9.70. The second-order valence-corrected chi connectivity index (χ2v) is 15.5. The first-order valence-corrected chi connectivity index (χ1v) is 19.2. The monoisotopic (exact) mass is 777 g/mol. The van der Waals surface area contributed by atoms with Gasteiger partial charge in [0.15, 0.2) is 0 Å². The van der Waals surface area contributed by atoms with E-state index in [0.717, 1.165) is 16.8 Å². The quantitative estimate of drug-likeness (QED) is 0.0931. The maximum atomic E-state index is 15.0. The van der Waals surface area contributed by atoms with Gasteiger partial charge in [0.2, 0.25) is 11.8 Å². The molecule has 2 bridgehead atoms. The summed E-state index contributed by atoms with van der Waals surface area (Å²) in [5.74, 6) is -3.26. The molecule has 3 saturated heterocycles. The summed E-state index contributed by atoms with van der Waals surface area (Å²) < 4.78 is 13.2. The Morgan fingerprint density at radius 1 is 1.12 bits per heavy atom. The Labute approximate surface area is 315 Å². The number of benzene rings is 2. The fourth-order valence-electron chi connectivity index (χ4n) is 8.21. The van der Waals surface area contributed by atoms with Crippen LogP contribution in [0.4, 0.5) is 5.69 Å². The standard InChI is InChI=1S/C41H52BrN3O7/c1-7-9-18-32(47)43(6)28(5)35(29-16-12-10-13-17-29)51-40(50)33-34-38(48)45(22-14-11-15-23-46)37(41(34)25-30(42)36(33)52-41)39(49)44(21-8-2)31-24-26(3)19-20-27(31)4/h7-8,10,12-13,16-17,19-20,24,28,30,33-37,46H,1-2,9,11,14-15,18,21-23,25H2,3-6H3/t28-,30?,33-,34+,35+,36-,37-,41+/m1/s1. The van der Waals surface area contributed by atoms with Gasteiger partial charge in [0.25, 0.3) is 5.91 Å². The molecule has 3 heterocycles. The van der Waals surface area contributed by atoms with E-state index in [9.17, 15) is 19.5 Å². The highest BCUT2D eigenvalue weighted by atomic mass is 79.9. The molecule has 2 aromatic rings. The van der Waals surface area contributed by atoms with Gasteiger partial charge in [-0.25, -0.2) is 0 Å². The average molecular weight is 779 g/mol. The number of rotatable bonds is 17. The summed E-state index contributed by atoms with van der Waals surface area (Å²) in [6.07, 6.45) is 4.78. The van der Waals surface area contributed by atoms with Gasteiger partial charge in [0, 0.05) is 43.7 Å². The number of ether oxygens (including phenoxy) is 2. The fraction of sp³-hybridized carbons (Fsp3) is 0.512. The number of carbonyl (C=O) groups is 4. The van der Waals surface area contributed by atoms with Gasteiger partial charge in [-0.15, -0.1) is 13.2 Å². The maximum Gasteiger partial charge on any atom is 0.313 e. The number of anilines is 1. The number of fused-ring (bicyclic) bond motifs is 1. The normalized spacial score (nSPS) is 25.7. The van der Waals surface area contributed by atoms with Crippen LogP contribution in [0.5, 0.6) is 0 Å². The number of amides is 3. The van der Waals surface area contributed by atoms with Crippen molar-refractivity contribution in [1.29, 1.82) is 0 Å². The third kappa shape index (κ3) is 7.50. The van der Waals surface area contributed by atoms with Crippen molar-refractivity contribution in [2.24, 2.45) is 11.8 Å². The molecular formula is C41H52BrN3O7. The first-order chi connectivity index (χ1) is 24.9. The molecular weight excluding hydrogens is 726 g/mol. The van der Waals surface area contributed by atoms with E-state index in [4.69, 9.17) is 9.47 Å². The topological polar surface area (TPSA) is 117 Å². The number of alkyl halides is 1. The summed E-state index contributed by atoms with van der Waals surface area (Å²) in [4.78, 5) is 61.9. The Balaban J connectivity index is 1.52. The molecule has 8 atom stereocenters. The molecule has 5 rings (SSSR count). The Morgan fingerprint density at radius 2 is 1.85 bits per heavy atom. The van der Waals surface area contributed by atoms with Crippen LogP contribution >= 0.6 is 15.9 Å². The van der Waals surface area contributed by atoms with Crippen molar-refractivity contribution in [3.63, 3.8) is 0 Å². The number of halogens is 1. The minimum absolute atomic E-state index is 0.0304. The summed E-state index contributed by atoms with van der Waals surface area (Å²) in [7, 11) is 1.69. The lowest BCUT2D eigenvalue weighted by Crippen LogP contribution is -2.57. The van der Waals surface area contributed by atoms with Crippen molar-refractivity contribution in [3.8, 4) is 0 Å². The van der Waals surface area contributed by atoms with Gasteiger partial charge in [-0.3, -0.25) is 19.2 Å². The third-order valence-corrected chi connectivity index (χ3v) is 11.8. The molecule has 0 aliphatic carbocycles. The summed E-state index contributed by atoms with van der Waals surface area (Å²) in [6, 6.07) is 13.7. The number of hydrogen-bond donors (Lipinski definition) is 1. The molecule has 52 heavy (non-hydrogen) atoms. The predicted octanol–water partition coefficient (Wildman–Crippen LogP) is 5.83. The highest BCUT2D eigenvalue weighted by Gasteiger charge is 2.77. The van der Waals surface area contributed by atoms with E-state index in [1.807, 2.05) is 69.3 Å². The number of aryl methyl sites for hydroxylation is 2. The number of likely N-dealkylation sites (tertiary alicyclic amines) is 1. The van der Waals surface area contributed by atoms with Crippen LogP contribution in [0.3, 0.4) is 0 Å². The van der Waals surface area contributed by atoms with E-state index in [1.54, 1.807) is 33.9 Å². The molecule has 0 radical (unpaired) electrons. The second-order valence-electron chi connectivity index (χ2n) is 14.3. The van der Waals surface area contributed by atoms with Gasteiger partial charge in [-0.05, 0) is 75.6 Å². The Hall–Kier alpha value is -3.80. The molecule has 0 saturated carbocycles. The smallest absolute Gasteiger partial charge is 0.313 e. The highest BCUT2D eigenvalue weighted by Crippen LogP contribution is 2.60. The van der Waals surface area contributed by atoms with Gasteiger partial charge in [0.05, 0.1) is 24.0 Å². The van der Waals surface area contributed by atoms with E-state index >= 15 is 4.79 Å². The summed E-state index contributed by atoms with van der Waals surface area (Å²) >= 11 is 3.77. The summed E-state index contributed by atoms with van der Waals surface area (Å²) in [5, 5.41) is 9.44. The van der Waals surface area contributed by atoms with Gasteiger partial charge >= 0.3 is 5.97 Å². The van der Waals surface area contributed by atoms with Crippen LogP contribution in [0.1, 0.15) is 68.2 Å². The SMILES string of the molecule is C=CCCC(=O)N(C)[C@H](C)[C@H](OC(=O)[C@H]1[C@@H]2O[C@@]3(CC2Br)[C@@H]1C(=O)N(CCCCCO)[C@@H]3C(=O)N(CC=C)c1cc(C)ccc1C)c1ccccc1. The number of likely N-dealkylation sites (N-methyl/N-ethyl adjacent to an activating group) is 1. The number of carbonyl (C=O) groups excluding carboxylic acids is 4. The molecule has 10 nitrogen and oxygen atoms in total. The number of hydrogen-bond acceptors (Lipinski definition) is 7. The predicted molar refractivity (Wildman–Crippen MR) is 204 cm³/mol. The Kier molecular flexibility index (Phi) is 12.8. The zero-order chi connectivity index (χ0) is 37.7. The summed E-state index contributed by atoms with van der Waals surface area (Å²) in [5.41, 5.74) is 2.04. The molecule has 2 aromatic carbocycles. The molecule has 3 amide bonds.